The standard InChI is InChI=1S/C10H11Br/c1-3-9-6-4-5-7-10(9)8(2)11/h4-7H,2-3H2,1H3. The fourth-order valence-electron chi connectivity index (χ4n) is 1.09. The Morgan fingerprint density at radius 3 is 2.55 bits per heavy atom. The second-order valence-electron chi connectivity index (χ2n) is 2.42. The van der Waals surface area contributed by atoms with Crippen LogP contribution in [0.5, 0.6) is 0 Å². The highest BCUT2D eigenvalue weighted by Gasteiger charge is 1.99. The molecule has 0 fully saturated rings. The minimum absolute atomic E-state index is 0.968. The Balaban J connectivity index is 3.12. The van der Waals surface area contributed by atoms with E-state index in [1.165, 1.54) is 11.1 Å². The van der Waals surface area contributed by atoms with Gasteiger partial charge in [0.1, 0.15) is 0 Å². The fraction of sp³-hybridized carbons (Fsp3) is 0.200. The van der Waals surface area contributed by atoms with E-state index in [0.29, 0.717) is 0 Å². The van der Waals surface area contributed by atoms with Crippen LogP contribution in [0.2, 0.25) is 0 Å². The van der Waals surface area contributed by atoms with Crippen molar-refractivity contribution in [2.24, 2.45) is 0 Å². The van der Waals surface area contributed by atoms with Crippen molar-refractivity contribution >= 4 is 20.4 Å². The molecule has 11 heavy (non-hydrogen) atoms. The van der Waals surface area contributed by atoms with Crippen LogP contribution in [0, 0.1) is 0 Å². The lowest BCUT2D eigenvalue weighted by Gasteiger charge is -2.03. The van der Waals surface area contributed by atoms with Gasteiger partial charge in [-0.1, -0.05) is 53.7 Å². The maximum absolute atomic E-state index is 3.85. The molecule has 0 radical (unpaired) electrons. The van der Waals surface area contributed by atoms with E-state index in [2.05, 4.69) is 47.6 Å². The van der Waals surface area contributed by atoms with E-state index in [0.717, 1.165) is 10.9 Å². The molecule has 0 spiro atoms. The Morgan fingerprint density at radius 1 is 1.45 bits per heavy atom. The predicted octanol–water partition coefficient (Wildman–Crippen LogP) is 3.61. The van der Waals surface area contributed by atoms with Crippen molar-refractivity contribution in [3.8, 4) is 0 Å². The summed E-state index contributed by atoms with van der Waals surface area (Å²) < 4.78 is 0.968. The lowest BCUT2D eigenvalue weighted by molar-refractivity contribution is 1.13. The van der Waals surface area contributed by atoms with E-state index in [-0.39, 0.29) is 0 Å². The monoisotopic (exact) mass is 210 g/mol. The third kappa shape index (κ3) is 1.93. The Kier molecular flexibility index (Phi) is 2.89. The van der Waals surface area contributed by atoms with E-state index in [1.54, 1.807) is 0 Å². The van der Waals surface area contributed by atoms with Crippen LogP contribution in [-0.2, 0) is 6.42 Å². The van der Waals surface area contributed by atoms with Crippen LogP contribution >= 0.6 is 15.9 Å². The maximum Gasteiger partial charge on any atom is 0.0178 e. The highest BCUT2D eigenvalue weighted by atomic mass is 79.9. The molecule has 1 rings (SSSR count). The summed E-state index contributed by atoms with van der Waals surface area (Å²) in [6.07, 6.45) is 1.06. The van der Waals surface area contributed by atoms with Crippen LogP contribution in [0.25, 0.3) is 4.48 Å². The lowest BCUT2D eigenvalue weighted by Crippen LogP contribution is -1.85. The number of benzene rings is 1. The van der Waals surface area contributed by atoms with Crippen LogP contribution < -0.4 is 0 Å². The highest BCUT2D eigenvalue weighted by molar-refractivity contribution is 9.15. The Labute approximate surface area is 76.1 Å². The molecule has 0 aliphatic rings. The van der Waals surface area contributed by atoms with Gasteiger partial charge in [-0.05, 0) is 17.5 Å². The molecule has 0 atom stereocenters. The molecular weight excluding hydrogens is 200 g/mol. The van der Waals surface area contributed by atoms with Crippen molar-refractivity contribution in [3.05, 3.63) is 42.0 Å². The van der Waals surface area contributed by atoms with Gasteiger partial charge in [0.05, 0.1) is 0 Å². The van der Waals surface area contributed by atoms with Crippen LogP contribution in [0.15, 0.2) is 30.8 Å². The van der Waals surface area contributed by atoms with Gasteiger partial charge in [0, 0.05) is 4.48 Å². The van der Waals surface area contributed by atoms with Gasteiger partial charge in [-0.15, -0.1) is 0 Å². The average molecular weight is 211 g/mol. The molecule has 0 aliphatic heterocycles. The van der Waals surface area contributed by atoms with Gasteiger partial charge in [0.25, 0.3) is 0 Å². The van der Waals surface area contributed by atoms with Gasteiger partial charge in [0.2, 0.25) is 0 Å². The van der Waals surface area contributed by atoms with E-state index < -0.39 is 0 Å². The van der Waals surface area contributed by atoms with Gasteiger partial charge in [-0.2, -0.15) is 0 Å². The van der Waals surface area contributed by atoms with Crippen LogP contribution in [0.4, 0.5) is 0 Å². The second-order valence-corrected chi connectivity index (χ2v) is 3.37. The topological polar surface area (TPSA) is 0 Å². The molecule has 1 aromatic rings. The predicted molar refractivity (Wildman–Crippen MR) is 53.8 cm³/mol. The average Bonchev–Trinajstić information content (AvgIpc) is 2.04. The minimum atomic E-state index is 0.968. The lowest BCUT2D eigenvalue weighted by atomic mass is 10.1. The van der Waals surface area contributed by atoms with Crippen molar-refractivity contribution in [1.29, 1.82) is 0 Å². The van der Waals surface area contributed by atoms with Crippen LogP contribution in [0.3, 0.4) is 0 Å². The molecule has 0 saturated carbocycles. The van der Waals surface area contributed by atoms with Gasteiger partial charge >= 0.3 is 0 Å². The molecule has 0 bridgehead atoms. The molecule has 0 amide bonds. The van der Waals surface area contributed by atoms with Crippen molar-refractivity contribution in [2.75, 3.05) is 0 Å². The molecule has 58 valence electrons. The number of hydrogen-bond acceptors (Lipinski definition) is 0. The molecule has 0 heterocycles. The molecular formula is C10H11Br. The molecule has 0 nitrogen and oxygen atoms in total. The largest absolute Gasteiger partial charge is 0.0841 e. The Hall–Kier alpha value is -0.560. The van der Waals surface area contributed by atoms with Gasteiger partial charge in [-0.3, -0.25) is 0 Å². The summed E-state index contributed by atoms with van der Waals surface area (Å²) in [5.41, 5.74) is 2.56. The van der Waals surface area contributed by atoms with E-state index in [1.807, 2.05) is 6.07 Å². The summed E-state index contributed by atoms with van der Waals surface area (Å²) in [6, 6.07) is 8.29. The first-order chi connectivity index (χ1) is 5.25. The summed E-state index contributed by atoms with van der Waals surface area (Å²) in [7, 11) is 0. The zero-order chi connectivity index (χ0) is 8.27. The van der Waals surface area contributed by atoms with Gasteiger partial charge in [-0.25, -0.2) is 0 Å². The Morgan fingerprint density at radius 2 is 2.09 bits per heavy atom. The van der Waals surface area contributed by atoms with Crippen molar-refractivity contribution in [3.63, 3.8) is 0 Å². The summed E-state index contributed by atoms with van der Waals surface area (Å²) in [6.45, 7) is 6.00. The maximum atomic E-state index is 3.85. The van der Waals surface area contributed by atoms with Crippen molar-refractivity contribution in [2.45, 2.75) is 13.3 Å². The molecule has 1 heteroatoms. The first kappa shape index (κ1) is 8.54. The SMILES string of the molecule is C=C(Br)c1ccccc1CC. The van der Waals surface area contributed by atoms with Crippen LogP contribution in [-0.4, -0.2) is 0 Å². The van der Waals surface area contributed by atoms with E-state index in [9.17, 15) is 0 Å². The normalized spacial score (nSPS) is 9.64. The van der Waals surface area contributed by atoms with E-state index >= 15 is 0 Å². The second kappa shape index (κ2) is 3.72. The summed E-state index contributed by atoms with van der Waals surface area (Å²) in [5.74, 6) is 0. The zero-order valence-electron chi connectivity index (χ0n) is 6.60. The zero-order valence-corrected chi connectivity index (χ0v) is 8.19. The quantitative estimate of drug-likeness (QED) is 0.700. The summed E-state index contributed by atoms with van der Waals surface area (Å²) >= 11 is 3.38. The first-order valence-electron chi connectivity index (χ1n) is 3.68. The molecule has 0 N–H and O–H groups in total. The third-order valence-electron chi connectivity index (χ3n) is 1.69. The first-order valence-corrected chi connectivity index (χ1v) is 4.47. The minimum Gasteiger partial charge on any atom is -0.0841 e. The molecule has 0 unspecified atom stereocenters. The Bertz CT molecular complexity index is 263. The summed E-state index contributed by atoms with van der Waals surface area (Å²) in [5, 5.41) is 0. The number of hydrogen-bond donors (Lipinski definition) is 0. The molecule has 1 aromatic carbocycles. The molecule has 0 aromatic heterocycles. The third-order valence-corrected chi connectivity index (χ3v) is 2.12. The van der Waals surface area contributed by atoms with Crippen LogP contribution in [0.1, 0.15) is 18.1 Å². The molecule has 0 saturated heterocycles. The van der Waals surface area contributed by atoms with Crippen molar-refractivity contribution in [1.82, 2.24) is 0 Å². The number of halogens is 1. The highest BCUT2D eigenvalue weighted by Crippen LogP contribution is 2.22. The number of aryl methyl sites for hydroxylation is 1. The summed E-state index contributed by atoms with van der Waals surface area (Å²) in [4.78, 5) is 0. The molecule has 0 aliphatic carbocycles. The smallest absolute Gasteiger partial charge is 0.0178 e. The van der Waals surface area contributed by atoms with E-state index in [4.69, 9.17) is 0 Å². The van der Waals surface area contributed by atoms with Gasteiger partial charge < -0.3 is 0 Å². The fourth-order valence-corrected chi connectivity index (χ4v) is 1.48. The van der Waals surface area contributed by atoms with Gasteiger partial charge in [0.15, 0.2) is 0 Å². The van der Waals surface area contributed by atoms with Crippen molar-refractivity contribution < 1.29 is 0 Å². The number of rotatable bonds is 2.